The van der Waals surface area contributed by atoms with Crippen LogP contribution in [0.5, 0.6) is 5.88 Å². The van der Waals surface area contributed by atoms with Crippen molar-refractivity contribution in [3.63, 3.8) is 0 Å². The lowest BCUT2D eigenvalue weighted by Gasteiger charge is -2.12. The average molecular weight is 338 g/mol. The number of aromatic nitrogens is 1. The van der Waals surface area contributed by atoms with Gasteiger partial charge in [0.2, 0.25) is 16.8 Å². The lowest BCUT2D eigenvalue weighted by molar-refractivity contribution is 0.274. The normalized spacial score (nSPS) is 10.9. The molecule has 0 aliphatic rings. The lowest BCUT2D eigenvalue weighted by atomic mass is 10.4. The summed E-state index contributed by atoms with van der Waals surface area (Å²) in [4.78, 5) is 6.08. The fourth-order valence-corrected chi connectivity index (χ4v) is 1.96. The number of thiol groups is 1. The molecule has 0 fully saturated rings. The summed E-state index contributed by atoms with van der Waals surface area (Å²) in [6.07, 6.45) is 2.40. The predicted molar refractivity (Wildman–Crippen MR) is 74.5 cm³/mol. The van der Waals surface area contributed by atoms with E-state index in [1.54, 1.807) is 12.3 Å². The van der Waals surface area contributed by atoms with Crippen LogP contribution in [0.2, 0.25) is 0 Å². The standard InChI is InChI=1S/C10H16BrN3O3S/c1-14(2)4-3-5-17-10-9(13-18(15)16)6-8(11)7-12-10/h6-7,18H,3-5H2,1-2H3,(H,13,15,16). The quantitative estimate of drug-likeness (QED) is 0.576. The number of anilines is 1. The first-order valence-electron chi connectivity index (χ1n) is 5.33. The molecule has 0 atom stereocenters. The van der Waals surface area contributed by atoms with Crippen molar-refractivity contribution in [2.45, 2.75) is 6.42 Å². The molecule has 0 unspecified atom stereocenters. The molecule has 1 aromatic heterocycles. The zero-order valence-corrected chi connectivity index (χ0v) is 12.7. The molecule has 0 saturated heterocycles. The van der Waals surface area contributed by atoms with Crippen LogP contribution in [0, 0.1) is 0 Å². The van der Waals surface area contributed by atoms with Crippen LogP contribution in [0.15, 0.2) is 16.7 Å². The molecule has 0 radical (unpaired) electrons. The van der Waals surface area contributed by atoms with Crippen molar-refractivity contribution in [3.05, 3.63) is 16.7 Å². The van der Waals surface area contributed by atoms with Crippen molar-refractivity contribution >= 4 is 32.5 Å². The van der Waals surface area contributed by atoms with Crippen molar-refractivity contribution in [3.8, 4) is 5.88 Å². The van der Waals surface area contributed by atoms with Crippen LogP contribution in [0.4, 0.5) is 5.69 Å². The molecule has 102 valence electrons. The molecule has 1 rings (SSSR count). The summed E-state index contributed by atoms with van der Waals surface area (Å²) in [6.45, 7) is 1.38. The minimum atomic E-state index is -2.73. The van der Waals surface area contributed by atoms with Gasteiger partial charge in [-0.05, 0) is 42.5 Å². The summed E-state index contributed by atoms with van der Waals surface area (Å²) < 4.78 is 29.8. The minimum absolute atomic E-state index is 0.288. The number of nitrogens with zero attached hydrogens (tertiary/aromatic N) is 2. The van der Waals surface area contributed by atoms with E-state index in [4.69, 9.17) is 4.74 Å². The van der Waals surface area contributed by atoms with Gasteiger partial charge in [-0.2, -0.15) is 0 Å². The highest BCUT2D eigenvalue weighted by atomic mass is 79.9. The van der Waals surface area contributed by atoms with Gasteiger partial charge >= 0.3 is 0 Å². The third kappa shape index (κ3) is 5.65. The van der Waals surface area contributed by atoms with E-state index in [9.17, 15) is 8.42 Å². The van der Waals surface area contributed by atoms with Gasteiger partial charge in [0, 0.05) is 17.2 Å². The Bertz CT molecular complexity index is 458. The van der Waals surface area contributed by atoms with Crippen molar-refractivity contribution < 1.29 is 13.2 Å². The fraction of sp³-hybridized carbons (Fsp3) is 0.500. The highest BCUT2D eigenvalue weighted by molar-refractivity contribution is 9.10. The van der Waals surface area contributed by atoms with Gasteiger partial charge in [-0.15, -0.1) is 0 Å². The number of rotatable bonds is 7. The molecule has 0 aliphatic heterocycles. The summed E-state index contributed by atoms with van der Waals surface area (Å²) in [5.41, 5.74) is 0.338. The number of halogens is 1. The first-order chi connectivity index (χ1) is 8.49. The molecule has 6 nitrogen and oxygen atoms in total. The molecule has 1 heterocycles. The van der Waals surface area contributed by atoms with E-state index >= 15 is 0 Å². The van der Waals surface area contributed by atoms with Gasteiger partial charge in [-0.25, -0.2) is 13.4 Å². The Labute approximate surface area is 117 Å². The van der Waals surface area contributed by atoms with Gasteiger partial charge in [-0.3, -0.25) is 4.72 Å². The van der Waals surface area contributed by atoms with Gasteiger partial charge in [-0.1, -0.05) is 0 Å². The fourth-order valence-electron chi connectivity index (χ4n) is 1.27. The molecule has 0 aliphatic carbocycles. The Hall–Kier alpha value is -0.860. The number of nitrogens with one attached hydrogen (secondary N) is 1. The predicted octanol–water partition coefficient (Wildman–Crippen LogP) is 1.11. The second-order valence-corrected chi connectivity index (χ2v) is 5.53. The Kier molecular flexibility index (Phi) is 6.37. The maximum Gasteiger partial charge on any atom is 0.238 e. The van der Waals surface area contributed by atoms with Gasteiger partial charge in [0.15, 0.2) is 0 Å². The minimum Gasteiger partial charge on any atom is -0.476 e. The largest absolute Gasteiger partial charge is 0.476 e. The molecule has 0 bridgehead atoms. The van der Waals surface area contributed by atoms with Crippen LogP contribution in [-0.4, -0.2) is 45.5 Å². The summed E-state index contributed by atoms with van der Waals surface area (Å²) in [5, 5.41) is 0. The van der Waals surface area contributed by atoms with Crippen molar-refractivity contribution in [1.82, 2.24) is 9.88 Å². The molecule has 0 aromatic carbocycles. The van der Waals surface area contributed by atoms with Crippen LogP contribution >= 0.6 is 15.9 Å². The Morgan fingerprint density at radius 3 is 2.83 bits per heavy atom. The van der Waals surface area contributed by atoms with E-state index in [0.717, 1.165) is 13.0 Å². The molecule has 0 spiro atoms. The highest BCUT2D eigenvalue weighted by Crippen LogP contribution is 2.25. The molecule has 18 heavy (non-hydrogen) atoms. The van der Waals surface area contributed by atoms with Crippen LogP contribution in [0.25, 0.3) is 0 Å². The van der Waals surface area contributed by atoms with Crippen LogP contribution in [0.3, 0.4) is 0 Å². The second kappa shape index (κ2) is 7.55. The Balaban J connectivity index is 2.63. The van der Waals surface area contributed by atoms with E-state index in [1.165, 1.54) is 0 Å². The van der Waals surface area contributed by atoms with Gasteiger partial charge in [0.05, 0.1) is 6.61 Å². The summed E-state index contributed by atoms with van der Waals surface area (Å²) in [6, 6.07) is 1.61. The van der Waals surface area contributed by atoms with Crippen LogP contribution < -0.4 is 9.46 Å². The van der Waals surface area contributed by atoms with Crippen molar-refractivity contribution in [1.29, 1.82) is 0 Å². The zero-order valence-electron chi connectivity index (χ0n) is 10.2. The number of hydrogen-bond acceptors (Lipinski definition) is 5. The Morgan fingerprint density at radius 1 is 1.50 bits per heavy atom. The third-order valence-corrected chi connectivity index (χ3v) is 2.88. The zero-order chi connectivity index (χ0) is 13.5. The smallest absolute Gasteiger partial charge is 0.238 e. The highest BCUT2D eigenvalue weighted by Gasteiger charge is 2.07. The molecule has 1 N–H and O–H groups in total. The topological polar surface area (TPSA) is 71.5 Å². The van der Waals surface area contributed by atoms with E-state index in [0.29, 0.717) is 16.8 Å². The van der Waals surface area contributed by atoms with E-state index < -0.39 is 10.9 Å². The average Bonchev–Trinajstić information content (AvgIpc) is 2.25. The second-order valence-electron chi connectivity index (χ2n) is 3.88. The number of hydrogen-bond donors (Lipinski definition) is 2. The lowest BCUT2D eigenvalue weighted by Crippen LogP contribution is -2.16. The van der Waals surface area contributed by atoms with Crippen LogP contribution in [-0.2, 0) is 10.9 Å². The molecule has 0 saturated carbocycles. The van der Waals surface area contributed by atoms with E-state index in [1.807, 2.05) is 19.0 Å². The molecule has 0 amide bonds. The molecular formula is C10H16BrN3O3S. The van der Waals surface area contributed by atoms with Crippen molar-refractivity contribution in [2.75, 3.05) is 32.0 Å². The first-order valence-corrected chi connectivity index (χ1v) is 7.30. The first kappa shape index (κ1) is 15.2. The monoisotopic (exact) mass is 337 g/mol. The summed E-state index contributed by atoms with van der Waals surface area (Å²) in [5.74, 6) is 0.288. The molecule has 1 aromatic rings. The number of ether oxygens (including phenoxy) is 1. The number of pyridine rings is 1. The van der Waals surface area contributed by atoms with E-state index in [-0.39, 0.29) is 5.88 Å². The summed E-state index contributed by atoms with van der Waals surface area (Å²) >= 11 is 3.23. The SMILES string of the molecule is CN(C)CCCOc1ncc(Br)cc1N[SH](=O)=O. The molecular weight excluding hydrogens is 322 g/mol. The summed E-state index contributed by atoms with van der Waals surface area (Å²) in [7, 11) is 1.22. The third-order valence-electron chi connectivity index (χ3n) is 2.02. The Morgan fingerprint density at radius 2 is 2.22 bits per heavy atom. The van der Waals surface area contributed by atoms with E-state index in [2.05, 4.69) is 25.6 Å². The van der Waals surface area contributed by atoms with Gasteiger partial charge in [0.25, 0.3) is 0 Å². The maximum atomic E-state index is 10.7. The van der Waals surface area contributed by atoms with Gasteiger partial charge in [0.1, 0.15) is 5.69 Å². The van der Waals surface area contributed by atoms with Crippen LogP contribution in [0.1, 0.15) is 6.42 Å². The van der Waals surface area contributed by atoms with Crippen molar-refractivity contribution in [2.24, 2.45) is 0 Å². The maximum absolute atomic E-state index is 10.7. The van der Waals surface area contributed by atoms with Gasteiger partial charge < -0.3 is 9.64 Å². The molecule has 8 heteroatoms.